The number of hydrogen-bond donors (Lipinski definition) is 1. The second-order valence-electron chi connectivity index (χ2n) is 6.88. The zero-order valence-corrected chi connectivity index (χ0v) is 19.5. The zero-order valence-electron chi connectivity index (χ0n) is 17.9. The van der Waals surface area contributed by atoms with Crippen molar-refractivity contribution in [3.63, 3.8) is 0 Å². The number of benzene rings is 2. The summed E-state index contributed by atoms with van der Waals surface area (Å²) < 4.78 is 26.2. The average Bonchev–Trinajstić information content (AvgIpc) is 3.29. The van der Waals surface area contributed by atoms with Gasteiger partial charge in [0.1, 0.15) is 5.57 Å². The number of amides is 4. The SMILES string of the molecule is COC(=O)COc1cc(Br)c(/C=C2\C(=O)NC(=O)N(c3ccc4c(c3)OCO4)C2=O)cc1OC. The van der Waals surface area contributed by atoms with Crippen molar-refractivity contribution in [1.29, 1.82) is 0 Å². The number of barbiturate groups is 1. The van der Waals surface area contributed by atoms with Crippen molar-refractivity contribution in [3.05, 3.63) is 45.9 Å². The largest absolute Gasteiger partial charge is 0.493 e. The standard InChI is InChI=1S/C22H17BrN2O9/c1-30-16-6-11(14(23)8-18(16)32-9-19(26)31-2)5-13-20(27)24-22(29)25(21(13)28)12-3-4-15-17(7-12)34-10-33-15/h3-8H,9-10H2,1-2H3,(H,24,27,29)/b13-5+. The monoisotopic (exact) mass is 532 g/mol. The van der Waals surface area contributed by atoms with Crippen molar-refractivity contribution in [3.8, 4) is 23.0 Å². The quantitative estimate of drug-likeness (QED) is 0.338. The lowest BCUT2D eigenvalue weighted by Crippen LogP contribution is -2.54. The Morgan fingerprint density at radius 3 is 2.62 bits per heavy atom. The Hall–Kier alpha value is -4.06. The van der Waals surface area contributed by atoms with Crippen molar-refractivity contribution >= 4 is 51.5 Å². The summed E-state index contributed by atoms with van der Waals surface area (Å²) in [5.74, 6) is -0.943. The summed E-state index contributed by atoms with van der Waals surface area (Å²) in [6, 6.07) is 6.66. The molecule has 0 aromatic heterocycles. The third kappa shape index (κ3) is 4.39. The van der Waals surface area contributed by atoms with Gasteiger partial charge in [0.2, 0.25) is 6.79 Å². The van der Waals surface area contributed by atoms with Crippen LogP contribution in [0, 0.1) is 0 Å². The van der Waals surface area contributed by atoms with Gasteiger partial charge in [-0.1, -0.05) is 15.9 Å². The van der Waals surface area contributed by atoms with Gasteiger partial charge in [0, 0.05) is 10.5 Å². The zero-order chi connectivity index (χ0) is 24.4. The molecule has 176 valence electrons. The van der Waals surface area contributed by atoms with Crippen LogP contribution in [0.2, 0.25) is 0 Å². The molecular formula is C22H17BrN2O9. The number of methoxy groups -OCH3 is 2. The number of ether oxygens (including phenoxy) is 5. The van der Waals surface area contributed by atoms with Crippen LogP contribution in [0.3, 0.4) is 0 Å². The Balaban J connectivity index is 1.67. The van der Waals surface area contributed by atoms with Crippen LogP contribution in [-0.4, -0.2) is 51.4 Å². The molecule has 12 heteroatoms. The number of esters is 1. The van der Waals surface area contributed by atoms with Crippen molar-refractivity contribution < 1.29 is 42.9 Å². The van der Waals surface area contributed by atoms with Crippen LogP contribution < -0.4 is 29.2 Å². The van der Waals surface area contributed by atoms with E-state index in [1.54, 1.807) is 6.07 Å². The number of carbonyl (C=O) groups excluding carboxylic acids is 4. The van der Waals surface area contributed by atoms with Crippen LogP contribution in [0.5, 0.6) is 23.0 Å². The highest BCUT2D eigenvalue weighted by Crippen LogP contribution is 2.37. The molecule has 2 aliphatic rings. The average molecular weight is 533 g/mol. The maximum atomic E-state index is 13.2. The highest BCUT2D eigenvalue weighted by molar-refractivity contribution is 9.10. The van der Waals surface area contributed by atoms with Gasteiger partial charge in [-0.15, -0.1) is 0 Å². The highest BCUT2D eigenvalue weighted by Gasteiger charge is 2.37. The van der Waals surface area contributed by atoms with E-state index in [1.165, 1.54) is 44.6 Å². The second kappa shape index (κ2) is 9.43. The number of urea groups is 1. The lowest BCUT2D eigenvalue weighted by Gasteiger charge is -2.26. The minimum Gasteiger partial charge on any atom is -0.493 e. The molecule has 0 spiro atoms. The number of nitrogens with one attached hydrogen (secondary N) is 1. The first kappa shape index (κ1) is 23.1. The predicted octanol–water partition coefficient (Wildman–Crippen LogP) is 2.40. The summed E-state index contributed by atoms with van der Waals surface area (Å²) in [6.45, 7) is -0.314. The minimum atomic E-state index is -0.894. The summed E-state index contributed by atoms with van der Waals surface area (Å²) in [7, 11) is 2.63. The Morgan fingerprint density at radius 2 is 1.88 bits per heavy atom. The molecule has 1 saturated heterocycles. The lowest BCUT2D eigenvalue weighted by molar-refractivity contribution is -0.143. The van der Waals surface area contributed by atoms with E-state index < -0.39 is 23.8 Å². The van der Waals surface area contributed by atoms with E-state index in [2.05, 4.69) is 26.0 Å². The van der Waals surface area contributed by atoms with Gasteiger partial charge in [0.05, 0.1) is 19.9 Å². The maximum Gasteiger partial charge on any atom is 0.343 e. The van der Waals surface area contributed by atoms with Gasteiger partial charge in [-0.2, -0.15) is 0 Å². The summed E-state index contributed by atoms with van der Waals surface area (Å²) in [5.41, 5.74) is 0.303. The normalized spacial score (nSPS) is 15.9. The summed E-state index contributed by atoms with van der Waals surface area (Å²) in [6.07, 6.45) is 1.31. The van der Waals surface area contributed by atoms with E-state index >= 15 is 0 Å². The van der Waals surface area contributed by atoms with E-state index in [0.717, 1.165) is 4.90 Å². The first-order chi connectivity index (χ1) is 16.3. The van der Waals surface area contributed by atoms with Crippen LogP contribution in [0.25, 0.3) is 6.08 Å². The van der Waals surface area contributed by atoms with Crippen LogP contribution in [-0.2, 0) is 19.1 Å². The number of halogens is 1. The predicted molar refractivity (Wildman–Crippen MR) is 120 cm³/mol. The van der Waals surface area contributed by atoms with Gasteiger partial charge in [-0.05, 0) is 35.9 Å². The number of carbonyl (C=O) groups is 4. The number of rotatable bonds is 6. The number of anilines is 1. The molecule has 0 atom stereocenters. The van der Waals surface area contributed by atoms with E-state index in [4.69, 9.17) is 18.9 Å². The second-order valence-corrected chi connectivity index (χ2v) is 7.74. The molecule has 0 unspecified atom stereocenters. The molecule has 0 aliphatic carbocycles. The smallest absolute Gasteiger partial charge is 0.343 e. The molecule has 0 radical (unpaired) electrons. The summed E-state index contributed by atoms with van der Waals surface area (Å²) in [5, 5.41) is 2.16. The maximum absolute atomic E-state index is 13.2. The third-order valence-corrected chi connectivity index (χ3v) is 5.56. The van der Waals surface area contributed by atoms with Gasteiger partial charge in [0.25, 0.3) is 11.8 Å². The van der Waals surface area contributed by atoms with E-state index in [-0.39, 0.29) is 36.2 Å². The molecule has 2 aromatic carbocycles. The van der Waals surface area contributed by atoms with Crippen molar-refractivity contribution in [2.24, 2.45) is 0 Å². The van der Waals surface area contributed by atoms with Gasteiger partial charge in [0.15, 0.2) is 29.6 Å². The fraction of sp³-hybridized carbons (Fsp3) is 0.182. The van der Waals surface area contributed by atoms with E-state index in [9.17, 15) is 19.2 Å². The van der Waals surface area contributed by atoms with Gasteiger partial charge >= 0.3 is 12.0 Å². The molecule has 2 aliphatic heterocycles. The number of hydrogen-bond acceptors (Lipinski definition) is 9. The number of fused-ring (bicyclic) bond motifs is 1. The fourth-order valence-corrected chi connectivity index (χ4v) is 3.64. The van der Waals surface area contributed by atoms with Crippen LogP contribution in [0.1, 0.15) is 5.56 Å². The molecule has 0 saturated carbocycles. The van der Waals surface area contributed by atoms with Crippen molar-refractivity contribution in [1.82, 2.24) is 5.32 Å². The van der Waals surface area contributed by atoms with E-state index in [0.29, 0.717) is 21.5 Å². The molecule has 2 aromatic rings. The molecule has 1 fully saturated rings. The van der Waals surface area contributed by atoms with Crippen molar-refractivity contribution in [2.45, 2.75) is 0 Å². The Morgan fingerprint density at radius 1 is 1.12 bits per heavy atom. The summed E-state index contributed by atoms with van der Waals surface area (Å²) in [4.78, 5) is 50.4. The molecule has 11 nitrogen and oxygen atoms in total. The molecule has 4 amide bonds. The Kier molecular flexibility index (Phi) is 6.41. The minimum absolute atomic E-state index is 0.0256. The fourth-order valence-electron chi connectivity index (χ4n) is 3.20. The highest BCUT2D eigenvalue weighted by atomic mass is 79.9. The number of imide groups is 2. The van der Waals surface area contributed by atoms with Gasteiger partial charge in [-0.3, -0.25) is 14.9 Å². The van der Waals surface area contributed by atoms with Gasteiger partial charge in [-0.25, -0.2) is 14.5 Å². The third-order valence-electron chi connectivity index (χ3n) is 4.87. The molecule has 34 heavy (non-hydrogen) atoms. The van der Waals surface area contributed by atoms with Gasteiger partial charge < -0.3 is 23.7 Å². The van der Waals surface area contributed by atoms with Crippen LogP contribution in [0.4, 0.5) is 10.5 Å². The first-order valence-corrected chi connectivity index (χ1v) is 10.5. The van der Waals surface area contributed by atoms with Crippen LogP contribution >= 0.6 is 15.9 Å². The van der Waals surface area contributed by atoms with Crippen LogP contribution in [0.15, 0.2) is 40.4 Å². The molecular weight excluding hydrogens is 516 g/mol. The molecule has 2 heterocycles. The topological polar surface area (TPSA) is 130 Å². The van der Waals surface area contributed by atoms with Crippen molar-refractivity contribution in [2.75, 3.05) is 32.5 Å². The Bertz CT molecular complexity index is 1240. The molecule has 1 N–H and O–H groups in total. The number of nitrogens with zero attached hydrogens (tertiary/aromatic N) is 1. The summed E-state index contributed by atoms with van der Waals surface area (Å²) >= 11 is 3.36. The first-order valence-electron chi connectivity index (χ1n) is 9.70. The molecule has 4 rings (SSSR count). The van der Waals surface area contributed by atoms with E-state index in [1.807, 2.05) is 0 Å². The lowest BCUT2D eigenvalue weighted by atomic mass is 10.1. The Labute approximate surface area is 201 Å². The molecule has 0 bridgehead atoms.